The molecule has 1 aromatic heterocycles. The third-order valence-corrected chi connectivity index (χ3v) is 7.67. The fraction of sp³-hybridized carbons (Fsp3) is 0.296. The van der Waals surface area contributed by atoms with Gasteiger partial charge >= 0.3 is 5.97 Å². The van der Waals surface area contributed by atoms with Gasteiger partial charge in [0.25, 0.3) is 11.8 Å². The highest BCUT2D eigenvalue weighted by molar-refractivity contribution is 8.13. The number of ether oxygens (including phenoxy) is 2. The van der Waals surface area contributed by atoms with Gasteiger partial charge in [-0.25, -0.2) is 14.4 Å². The highest BCUT2D eigenvalue weighted by atomic mass is 32.2. The SMILES string of the molecule is COc1nc(N2C[C@H]3CSC(NC(=O)c4ccccc4)=N[C@@]3(c3ccccc3F)C2)nc(COC(C)=O)c1F. The van der Waals surface area contributed by atoms with E-state index in [-0.39, 0.29) is 35.9 Å². The number of carbonyl (C=O) groups excluding carboxylic acids is 2. The molecule has 0 unspecified atom stereocenters. The number of benzene rings is 2. The highest BCUT2D eigenvalue weighted by Gasteiger charge is 2.52. The van der Waals surface area contributed by atoms with E-state index in [4.69, 9.17) is 14.5 Å². The molecule has 5 rings (SSSR count). The first-order chi connectivity index (χ1) is 18.8. The fourth-order valence-electron chi connectivity index (χ4n) is 4.77. The minimum Gasteiger partial charge on any atom is -0.479 e. The van der Waals surface area contributed by atoms with Crippen LogP contribution in [-0.4, -0.2) is 53.0 Å². The number of hydrogen-bond acceptors (Lipinski definition) is 9. The summed E-state index contributed by atoms with van der Waals surface area (Å²) in [6.45, 7) is 1.36. The van der Waals surface area contributed by atoms with Crippen LogP contribution in [0.4, 0.5) is 14.7 Å². The summed E-state index contributed by atoms with van der Waals surface area (Å²) in [5, 5.41) is 3.24. The second-order valence-electron chi connectivity index (χ2n) is 9.10. The molecule has 0 aliphatic carbocycles. The van der Waals surface area contributed by atoms with Gasteiger partial charge in [-0.3, -0.25) is 9.59 Å². The maximum Gasteiger partial charge on any atom is 0.303 e. The Balaban J connectivity index is 1.52. The van der Waals surface area contributed by atoms with Crippen LogP contribution in [0.15, 0.2) is 59.6 Å². The molecule has 3 heterocycles. The van der Waals surface area contributed by atoms with Crippen molar-refractivity contribution in [3.05, 3.63) is 83.1 Å². The number of esters is 1. The molecule has 2 aliphatic heterocycles. The minimum absolute atomic E-state index is 0.135. The monoisotopic (exact) mass is 553 g/mol. The fourth-order valence-corrected chi connectivity index (χ4v) is 5.90. The van der Waals surface area contributed by atoms with Gasteiger partial charge in [-0.2, -0.15) is 9.37 Å². The van der Waals surface area contributed by atoms with Crippen LogP contribution in [0.2, 0.25) is 0 Å². The number of fused-ring (bicyclic) bond motifs is 1. The summed E-state index contributed by atoms with van der Waals surface area (Å²) in [6, 6.07) is 15.1. The predicted octanol–water partition coefficient (Wildman–Crippen LogP) is 3.69. The predicted molar refractivity (Wildman–Crippen MR) is 142 cm³/mol. The number of thioether (sulfide) groups is 1. The van der Waals surface area contributed by atoms with Gasteiger partial charge in [-0.15, -0.1) is 0 Å². The van der Waals surface area contributed by atoms with Crippen molar-refractivity contribution in [1.29, 1.82) is 0 Å². The Hall–Kier alpha value is -4.06. The molecule has 0 saturated carbocycles. The van der Waals surface area contributed by atoms with Crippen LogP contribution in [0.5, 0.6) is 5.88 Å². The summed E-state index contributed by atoms with van der Waals surface area (Å²) >= 11 is 1.37. The standard InChI is InChI=1S/C27H25F2N5O4S/c1-16(35)38-13-21-22(29)24(37-2)32-25(30-21)34-12-18-14-39-26(31-23(36)17-8-4-3-5-9-17)33-27(18,15-34)19-10-6-7-11-20(19)28/h3-11,18H,12-15H2,1-2H3,(H,31,33,36)/t18-,27-/m0/s1. The van der Waals surface area contributed by atoms with Crippen LogP contribution < -0.4 is 15.0 Å². The number of aliphatic imine (C=N–C) groups is 1. The lowest BCUT2D eigenvalue weighted by molar-refractivity contribution is -0.142. The zero-order valence-corrected chi connectivity index (χ0v) is 22.0. The highest BCUT2D eigenvalue weighted by Crippen LogP contribution is 2.47. The molecule has 2 atom stereocenters. The van der Waals surface area contributed by atoms with Gasteiger partial charge in [0.05, 0.1) is 13.7 Å². The molecule has 1 saturated heterocycles. The van der Waals surface area contributed by atoms with Crippen molar-refractivity contribution in [2.45, 2.75) is 19.1 Å². The van der Waals surface area contributed by atoms with E-state index in [0.717, 1.165) is 0 Å². The van der Waals surface area contributed by atoms with Gasteiger partial charge in [0.15, 0.2) is 5.17 Å². The molecule has 1 amide bonds. The Bertz CT molecular complexity index is 1440. The molecule has 0 radical (unpaired) electrons. The Kier molecular flexibility index (Phi) is 7.47. The van der Waals surface area contributed by atoms with Crippen molar-refractivity contribution >= 4 is 34.8 Å². The van der Waals surface area contributed by atoms with E-state index in [2.05, 4.69) is 15.3 Å². The summed E-state index contributed by atoms with van der Waals surface area (Å²) in [6.07, 6.45) is 0. The maximum absolute atomic E-state index is 15.3. The minimum atomic E-state index is -1.07. The van der Waals surface area contributed by atoms with Crippen LogP contribution in [0.25, 0.3) is 0 Å². The number of amidine groups is 1. The molecule has 3 aromatic rings. The van der Waals surface area contributed by atoms with Crippen molar-refractivity contribution in [3.8, 4) is 5.88 Å². The van der Waals surface area contributed by atoms with E-state index in [1.807, 2.05) is 6.07 Å². The average Bonchev–Trinajstić information content (AvgIpc) is 3.33. The number of aromatic nitrogens is 2. The molecular weight excluding hydrogens is 528 g/mol. The second-order valence-corrected chi connectivity index (χ2v) is 10.1. The van der Waals surface area contributed by atoms with Gasteiger partial charge in [0, 0.05) is 36.3 Å². The van der Waals surface area contributed by atoms with Crippen LogP contribution in [0.1, 0.15) is 28.5 Å². The number of amides is 1. The normalized spacial score (nSPS) is 20.2. The van der Waals surface area contributed by atoms with Gasteiger partial charge < -0.3 is 19.7 Å². The molecule has 1 fully saturated rings. The number of rotatable bonds is 6. The van der Waals surface area contributed by atoms with Gasteiger partial charge in [-0.05, 0) is 18.2 Å². The summed E-state index contributed by atoms with van der Waals surface area (Å²) in [4.78, 5) is 39.4. The van der Waals surface area contributed by atoms with E-state index < -0.39 is 29.7 Å². The first kappa shape index (κ1) is 26.5. The number of nitrogens with zero attached hydrogens (tertiary/aromatic N) is 4. The summed E-state index contributed by atoms with van der Waals surface area (Å²) in [5.41, 5.74) is -0.367. The summed E-state index contributed by atoms with van der Waals surface area (Å²) < 4.78 is 40.2. The molecule has 2 aromatic carbocycles. The molecule has 1 N–H and O–H groups in total. The van der Waals surface area contributed by atoms with E-state index in [1.165, 1.54) is 31.9 Å². The quantitative estimate of drug-likeness (QED) is 0.461. The van der Waals surface area contributed by atoms with Crippen LogP contribution in [0.3, 0.4) is 0 Å². The largest absolute Gasteiger partial charge is 0.479 e. The second kappa shape index (κ2) is 11.0. The van der Waals surface area contributed by atoms with Crippen molar-refractivity contribution < 1.29 is 27.8 Å². The molecular formula is C27H25F2N5O4S. The zero-order valence-electron chi connectivity index (χ0n) is 21.2. The van der Waals surface area contributed by atoms with E-state index in [1.54, 1.807) is 47.4 Å². The lowest BCUT2D eigenvalue weighted by atomic mass is 9.81. The lowest BCUT2D eigenvalue weighted by Gasteiger charge is -2.35. The first-order valence-corrected chi connectivity index (χ1v) is 13.1. The van der Waals surface area contributed by atoms with Gasteiger partial charge in [-0.1, -0.05) is 48.2 Å². The molecule has 2 aliphatic rings. The average molecular weight is 554 g/mol. The topological polar surface area (TPSA) is 106 Å². The van der Waals surface area contributed by atoms with E-state index in [9.17, 15) is 14.0 Å². The van der Waals surface area contributed by atoms with Crippen molar-refractivity contribution in [2.24, 2.45) is 10.9 Å². The number of methoxy groups -OCH3 is 1. The maximum atomic E-state index is 15.3. The van der Waals surface area contributed by atoms with E-state index in [0.29, 0.717) is 28.6 Å². The summed E-state index contributed by atoms with van der Waals surface area (Å²) in [7, 11) is 1.28. The van der Waals surface area contributed by atoms with Crippen molar-refractivity contribution in [1.82, 2.24) is 15.3 Å². The van der Waals surface area contributed by atoms with Crippen LogP contribution >= 0.6 is 11.8 Å². The molecule has 0 bridgehead atoms. The lowest BCUT2D eigenvalue weighted by Crippen LogP contribution is -2.43. The molecule has 39 heavy (non-hydrogen) atoms. The Morgan fingerprint density at radius 2 is 1.87 bits per heavy atom. The molecule has 9 nitrogen and oxygen atoms in total. The third kappa shape index (κ3) is 5.29. The number of halogens is 2. The Labute approximate surface area is 227 Å². The summed E-state index contributed by atoms with van der Waals surface area (Å²) in [5.74, 6) is -1.99. The zero-order chi connectivity index (χ0) is 27.6. The van der Waals surface area contributed by atoms with Gasteiger partial charge in [0.1, 0.15) is 23.7 Å². The van der Waals surface area contributed by atoms with Crippen molar-refractivity contribution in [3.63, 3.8) is 0 Å². The van der Waals surface area contributed by atoms with E-state index >= 15 is 4.39 Å². The number of anilines is 1. The number of nitrogens with one attached hydrogen (secondary N) is 1. The first-order valence-electron chi connectivity index (χ1n) is 12.1. The number of carbonyl (C=O) groups is 2. The number of hydrogen-bond donors (Lipinski definition) is 1. The Morgan fingerprint density at radius 1 is 1.13 bits per heavy atom. The van der Waals surface area contributed by atoms with Crippen LogP contribution in [0, 0.1) is 17.6 Å². The van der Waals surface area contributed by atoms with Gasteiger partial charge in [0.2, 0.25) is 11.8 Å². The van der Waals surface area contributed by atoms with Crippen molar-refractivity contribution in [2.75, 3.05) is 30.9 Å². The molecule has 12 heteroatoms. The smallest absolute Gasteiger partial charge is 0.303 e. The molecule has 202 valence electrons. The molecule has 0 spiro atoms. The Morgan fingerprint density at radius 3 is 2.59 bits per heavy atom. The van der Waals surface area contributed by atoms with Crippen LogP contribution in [-0.2, 0) is 21.7 Å². The third-order valence-electron chi connectivity index (χ3n) is 6.63.